The minimum atomic E-state index is -0.0971. The number of nitrogens with zero attached hydrogens (tertiary/aromatic N) is 4. The maximum Gasteiger partial charge on any atom is 0.0709 e. The first kappa shape index (κ1) is 22.5. The number of benzene rings is 1. The smallest absolute Gasteiger partial charge is 0.0709 e. The zero-order chi connectivity index (χ0) is 19.9. The Balaban J connectivity index is 2.77. The van der Waals surface area contributed by atoms with Gasteiger partial charge >= 0.3 is 0 Å². The fourth-order valence-corrected chi connectivity index (χ4v) is 3.30. The summed E-state index contributed by atoms with van der Waals surface area (Å²) in [6.07, 6.45) is 5.31. The van der Waals surface area contributed by atoms with Gasteiger partial charge in [-0.1, -0.05) is 12.1 Å². The predicted octanol–water partition coefficient (Wildman–Crippen LogP) is 5.63. The van der Waals surface area contributed by atoms with Crippen molar-refractivity contribution in [1.29, 1.82) is 22.1 Å². The standard InChI is InChI=1S/C18H31N9/c19-16-7-5-14(6-8-16)11-15(12-17(26-22)3-1-9-24-20)13-18(27-23)4-2-10-25-21/h5-8,15,17-18,20-23H,1-4,9-13,19H2. The van der Waals surface area contributed by atoms with Crippen LogP contribution in [0.5, 0.6) is 0 Å². The molecule has 0 aromatic heterocycles. The fourth-order valence-electron chi connectivity index (χ4n) is 3.30. The SMILES string of the molecule is N=NCCCC(CC(Cc1ccc(N)cc1)CC(CCCN=N)N=N)N=N. The molecular weight excluding hydrogens is 342 g/mol. The molecule has 0 aliphatic carbocycles. The van der Waals surface area contributed by atoms with E-state index in [1.165, 1.54) is 5.56 Å². The van der Waals surface area contributed by atoms with Crippen LogP contribution in [0.1, 0.15) is 44.1 Å². The second-order valence-corrected chi connectivity index (χ2v) is 6.90. The van der Waals surface area contributed by atoms with Gasteiger partial charge in [-0.3, -0.25) is 0 Å². The third-order valence-electron chi connectivity index (χ3n) is 4.69. The van der Waals surface area contributed by atoms with Crippen molar-refractivity contribution >= 4 is 5.69 Å². The van der Waals surface area contributed by atoms with E-state index >= 15 is 0 Å². The van der Waals surface area contributed by atoms with E-state index < -0.39 is 0 Å². The summed E-state index contributed by atoms with van der Waals surface area (Å²) < 4.78 is 0. The molecule has 0 amide bonds. The molecule has 1 aromatic carbocycles. The topological polar surface area (TPSA) is 171 Å². The largest absolute Gasteiger partial charge is 0.399 e. The Bertz CT molecular complexity index is 545. The molecule has 9 nitrogen and oxygen atoms in total. The molecule has 0 saturated heterocycles. The van der Waals surface area contributed by atoms with E-state index in [9.17, 15) is 0 Å². The molecule has 148 valence electrons. The van der Waals surface area contributed by atoms with Crippen molar-refractivity contribution in [1.82, 2.24) is 0 Å². The number of rotatable bonds is 16. The number of nitrogens with two attached hydrogens (primary N) is 1. The van der Waals surface area contributed by atoms with E-state index in [4.69, 9.17) is 27.9 Å². The molecule has 0 bridgehead atoms. The minimum absolute atomic E-state index is 0.0971. The molecule has 0 aliphatic heterocycles. The summed E-state index contributed by atoms with van der Waals surface area (Å²) in [6, 6.07) is 7.60. The molecular formula is C18H31N9. The number of nitrogens with one attached hydrogen (secondary N) is 4. The van der Waals surface area contributed by atoms with E-state index in [1.54, 1.807) is 0 Å². The van der Waals surface area contributed by atoms with E-state index in [0.29, 0.717) is 13.1 Å². The molecule has 6 N–H and O–H groups in total. The van der Waals surface area contributed by atoms with Gasteiger partial charge in [0.25, 0.3) is 0 Å². The zero-order valence-electron chi connectivity index (χ0n) is 15.8. The number of hydrogen-bond donors (Lipinski definition) is 5. The Labute approximate surface area is 160 Å². The molecule has 0 aliphatic rings. The lowest BCUT2D eigenvalue weighted by atomic mass is 9.85. The van der Waals surface area contributed by atoms with Crippen molar-refractivity contribution in [3.63, 3.8) is 0 Å². The summed E-state index contributed by atoms with van der Waals surface area (Å²) in [5, 5.41) is 14.3. The van der Waals surface area contributed by atoms with Gasteiger partial charge in [0.05, 0.1) is 25.2 Å². The second kappa shape index (κ2) is 13.6. The van der Waals surface area contributed by atoms with Gasteiger partial charge in [-0.15, -0.1) is 0 Å². The minimum Gasteiger partial charge on any atom is -0.399 e. The average Bonchev–Trinajstić information content (AvgIpc) is 2.68. The van der Waals surface area contributed by atoms with Crippen LogP contribution in [0.3, 0.4) is 0 Å². The Morgan fingerprint density at radius 3 is 1.67 bits per heavy atom. The fraction of sp³-hybridized carbons (Fsp3) is 0.667. The van der Waals surface area contributed by atoms with Gasteiger partial charge in [0.2, 0.25) is 0 Å². The number of anilines is 1. The highest BCUT2D eigenvalue weighted by Crippen LogP contribution is 2.26. The predicted molar refractivity (Wildman–Crippen MR) is 104 cm³/mol. The average molecular weight is 374 g/mol. The molecule has 27 heavy (non-hydrogen) atoms. The van der Waals surface area contributed by atoms with Gasteiger partial charge in [-0.05, 0) is 68.6 Å². The monoisotopic (exact) mass is 373 g/mol. The summed E-state index contributed by atoms with van der Waals surface area (Å²) in [6.45, 7) is 0.936. The van der Waals surface area contributed by atoms with Crippen molar-refractivity contribution in [3.05, 3.63) is 29.8 Å². The van der Waals surface area contributed by atoms with Gasteiger partial charge in [0.1, 0.15) is 0 Å². The van der Waals surface area contributed by atoms with Crippen LogP contribution in [0.25, 0.3) is 0 Å². The van der Waals surface area contributed by atoms with Crippen LogP contribution >= 0.6 is 0 Å². The number of nitrogen functional groups attached to an aromatic ring is 1. The van der Waals surface area contributed by atoms with Gasteiger partial charge in [0.15, 0.2) is 0 Å². The summed E-state index contributed by atoms with van der Waals surface area (Å²) >= 11 is 0. The van der Waals surface area contributed by atoms with Gasteiger partial charge < -0.3 is 5.73 Å². The number of hydrogen-bond acceptors (Lipinski definition) is 9. The normalized spacial score (nSPS) is 14.1. The molecule has 9 heteroatoms. The molecule has 0 fully saturated rings. The van der Waals surface area contributed by atoms with Crippen LogP contribution < -0.4 is 5.73 Å². The molecule has 0 heterocycles. The first-order valence-corrected chi connectivity index (χ1v) is 9.36. The zero-order valence-corrected chi connectivity index (χ0v) is 15.8. The van der Waals surface area contributed by atoms with E-state index in [0.717, 1.165) is 50.6 Å². The van der Waals surface area contributed by atoms with Gasteiger partial charge in [0, 0.05) is 5.69 Å². The molecule has 0 radical (unpaired) electrons. The molecule has 0 saturated carbocycles. The molecule has 1 aromatic rings. The summed E-state index contributed by atoms with van der Waals surface area (Å²) in [7, 11) is 0. The Hall–Kier alpha value is -2.58. The van der Waals surface area contributed by atoms with Crippen molar-refractivity contribution < 1.29 is 0 Å². The third-order valence-corrected chi connectivity index (χ3v) is 4.69. The lowest BCUT2D eigenvalue weighted by Crippen LogP contribution is -2.19. The van der Waals surface area contributed by atoms with Crippen LogP contribution in [0, 0.1) is 28.0 Å². The first-order chi connectivity index (χ1) is 13.1. The van der Waals surface area contributed by atoms with Crippen LogP contribution in [0.15, 0.2) is 44.7 Å². The van der Waals surface area contributed by atoms with Crippen molar-refractivity contribution in [2.24, 2.45) is 26.4 Å². The Morgan fingerprint density at radius 2 is 1.26 bits per heavy atom. The molecule has 1 rings (SSSR count). The highest BCUT2D eigenvalue weighted by atomic mass is 15.0. The van der Waals surface area contributed by atoms with Crippen LogP contribution in [-0.4, -0.2) is 25.2 Å². The second-order valence-electron chi connectivity index (χ2n) is 6.90. The quantitative estimate of drug-likeness (QED) is 0.141. The molecule has 2 unspecified atom stereocenters. The maximum atomic E-state index is 7.50. The van der Waals surface area contributed by atoms with Gasteiger partial charge in [-0.2, -0.15) is 20.5 Å². The third kappa shape index (κ3) is 9.62. The molecule has 2 atom stereocenters. The Morgan fingerprint density at radius 1 is 0.778 bits per heavy atom. The van der Waals surface area contributed by atoms with Crippen LogP contribution in [-0.2, 0) is 6.42 Å². The maximum absolute atomic E-state index is 7.50. The van der Waals surface area contributed by atoms with Crippen molar-refractivity contribution in [3.8, 4) is 0 Å². The van der Waals surface area contributed by atoms with Crippen molar-refractivity contribution in [2.75, 3.05) is 18.8 Å². The highest BCUT2D eigenvalue weighted by molar-refractivity contribution is 5.39. The van der Waals surface area contributed by atoms with Crippen LogP contribution in [0.2, 0.25) is 0 Å². The summed E-state index contributed by atoms with van der Waals surface area (Å²) in [5.74, 6) is 0.243. The Kier molecular flexibility index (Phi) is 11.3. The van der Waals surface area contributed by atoms with E-state index in [1.807, 2.05) is 24.3 Å². The van der Waals surface area contributed by atoms with Crippen LogP contribution in [0.4, 0.5) is 5.69 Å². The van der Waals surface area contributed by atoms with E-state index in [2.05, 4.69) is 20.5 Å². The van der Waals surface area contributed by atoms with Gasteiger partial charge in [-0.25, -0.2) is 22.1 Å². The summed E-state index contributed by atoms with van der Waals surface area (Å²) in [4.78, 5) is 0. The lowest BCUT2D eigenvalue weighted by Gasteiger charge is -2.23. The van der Waals surface area contributed by atoms with Crippen molar-refractivity contribution in [2.45, 2.75) is 57.0 Å². The highest BCUT2D eigenvalue weighted by Gasteiger charge is 2.21. The summed E-state index contributed by atoms with van der Waals surface area (Å²) in [5.41, 5.74) is 36.4. The first-order valence-electron chi connectivity index (χ1n) is 9.36. The lowest BCUT2D eigenvalue weighted by molar-refractivity contribution is 0.341. The molecule has 0 spiro atoms. The van der Waals surface area contributed by atoms with E-state index in [-0.39, 0.29) is 18.0 Å².